The van der Waals surface area contributed by atoms with Crippen LogP contribution in [0.2, 0.25) is 0 Å². The Morgan fingerprint density at radius 3 is 3.07 bits per heavy atom. The third kappa shape index (κ3) is 1.98. The molecule has 0 saturated heterocycles. The van der Waals surface area contributed by atoms with Crippen molar-refractivity contribution in [2.75, 3.05) is 0 Å². The number of carbonyl (C=O) groups excluding carboxylic acids is 1. The number of terminal acetylenes is 1. The van der Waals surface area contributed by atoms with Crippen molar-refractivity contribution < 1.29 is 9.53 Å². The Labute approximate surface area is 85.3 Å². The van der Waals surface area contributed by atoms with Crippen LogP contribution >= 0.6 is 0 Å². The zero-order valence-corrected chi connectivity index (χ0v) is 8.58. The molecule has 0 aromatic rings. The average Bonchev–Trinajstić information content (AvgIpc) is 2.49. The lowest BCUT2D eigenvalue weighted by Gasteiger charge is -2.29. The summed E-state index contributed by atoms with van der Waals surface area (Å²) in [6.45, 7) is 5.10. The van der Waals surface area contributed by atoms with Gasteiger partial charge in [0.25, 0.3) is 0 Å². The van der Waals surface area contributed by atoms with Gasteiger partial charge in [0.2, 0.25) is 0 Å². The van der Waals surface area contributed by atoms with Gasteiger partial charge in [-0.25, -0.2) is 0 Å². The first-order valence-electron chi connectivity index (χ1n) is 4.93. The maximum Gasteiger partial charge on any atom is 0.304 e. The molecule has 14 heavy (non-hydrogen) atoms. The Morgan fingerprint density at radius 1 is 1.86 bits per heavy atom. The van der Waals surface area contributed by atoms with E-state index in [1.807, 2.05) is 6.08 Å². The van der Waals surface area contributed by atoms with Crippen molar-refractivity contribution in [2.24, 2.45) is 5.92 Å². The number of carbonyl (C=O) groups is 1. The van der Waals surface area contributed by atoms with Gasteiger partial charge in [0.1, 0.15) is 0 Å². The topological polar surface area (TPSA) is 26.3 Å². The van der Waals surface area contributed by atoms with Gasteiger partial charge < -0.3 is 4.74 Å². The molecule has 0 N–H and O–H groups in total. The summed E-state index contributed by atoms with van der Waals surface area (Å²) in [5.74, 6) is 2.60. The molecular formula is C12H16O2. The van der Waals surface area contributed by atoms with E-state index in [1.165, 1.54) is 6.92 Å². The van der Waals surface area contributed by atoms with Crippen molar-refractivity contribution in [3.63, 3.8) is 0 Å². The van der Waals surface area contributed by atoms with Crippen LogP contribution in [0.15, 0.2) is 12.7 Å². The minimum atomic E-state index is -0.667. The SMILES string of the molecule is C#CC1(OC(C)=O)CCCC1CC=C. The number of allylic oxidation sites excluding steroid dienone is 1. The average molecular weight is 192 g/mol. The normalized spacial score (nSPS) is 30.7. The number of ether oxygens (including phenoxy) is 1. The predicted molar refractivity (Wildman–Crippen MR) is 55.5 cm³/mol. The third-order valence-corrected chi connectivity index (χ3v) is 2.78. The van der Waals surface area contributed by atoms with Gasteiger partial charge >= 0.3 is 5.97 Å². The Kier molecular flexibility index (Phi) is 3.35. The molecule has 1 rings (SSSR count). The molecule has 1 aliphatic carbocycles. The number of rotatable bonds is 3. The highest BCUT2D eigenvalue weighted by Gasteiger charge is 2.43. The Balaban J connectivity index is 2.80. The molecule has 2 unspecified atom stereocenters. The van der Waals surface area contributed by atoms with Crippen LogP contribution in [-0.2, 0) is 9.53 Å². The molecular weight excluding hydrogens is 176 g/mol. The zero-order valence-electron chi connectivity index (χ0n) is 8.58. The Morgan fingerprint density at radius 2 is 2.57 bits per heavy atom. The molecule has 2 atom stereocenters. The van der Waals surface area contributed by atoms with Crippen molar-refractivity contribution in [1.82, 2.24) is 0 Å². The van der Waals surface area contributed by atoms with Gasteiger partial charge in [-0.05, 0) is 25.7 Å². The number of hydrogen-bond donors (Lipinski definition) is 0. The molecule has 0 aliphatic heterocycles. The molecule has 2 nitrogen and oxygen atoms in total. The van der Waals surface area contributed by atoms with E-state index in [9.17, 15) is 4.79 Å². The first-order valence-corrected chi connectivity index (χ1v) is 4.93. The van der Waals surface area contributed by atoms with Gasteiger partial charge in [0.15, 0.2) is 5.60 Å². The Hall–Kier alpha value is -1.23. The van der Waals surface area contributed by atoms with E-state index in [1.54, 1.807) is 0 Å². The van der Waals surface area contributed by atoms with Crippen molar-refractivity contribution in [2.45, 2.75) is 38.2 Å². The maximum atomic E-state index is 11.0. The first kappa shape index (κ1) is 10.8. The van der Waals surface area contributed by atoms with Crippen LogP contribution in [0.25, 0.3) is 0 Å². The molecule has 0 bridgehead atoms. The molecule has 1 fully saturated rings. The molecule has 2 heteroatoms. The summed E-state index contributed by atoms with van der Waals surface area (Å²) < 4.78 is 5.29. The summed E-state index contributed by atoms with van der Waals surface area (Å²) >= 11 is 0. The van der Waals surface area contributed by atoms with E-state index < -0.39 is 5.60 Å². The standard InChI is InChI=1S/C12H16O2/c1-4-7-11-8-6-9-12(11,5-2)14-10(3)13/h2,4,11H,1,6-9H2,3H3. The van der Waals surface area contributed by atoms with Crippen LogP contribution in [-0.4, -0.2) is 11.6 Å². The number of hydrogen-bond acceptors (Lipinski definition) is 2. The summed E-state index contributed by atoms with van der Waals surface area (Å²) in [6, 6.07) is 0. The minimum absolute atomic E-state index is 0.244. The maximum absolute atomic E-state index is 11.0. The van der Waals surface area contributed by atoms with Crippen molar-refractivity contribution in [3.8, 4) is 12.3 Å². The van der Waals surface area contributed by atoms with Crippen LogP contribution in [0.4, 0.5) is 0 Å². The van der Waals surface area contributed by atoms with Crippen LogP contribution in [0.1, 0.15) is 32.6 Å². The van der Waals surface area contributed by atoms with Crippen molar-refractivity contribution >= 4 is 5.97 Å². The van der Waals surface area contributed by atoms with E-state index in [-0.39, 0.29) is 11.9 Å². The highest BCUT2D eigenvalue weighted by atomic mass is 16.6. The van der Waals surface area contributed by atoms with Crippen LogP contribution in [0.3, 0.4) is 0 Å². The fourth-order valence-corrected chi connectivity index (χ4v) is 2.17. The van der Waals surface area contributed by atoms with Gasteiger partial charge in [-0.2, -0.15) is 0 Å². The summed E-state index contributed by atoms with van der Waals surface area (Å²) in [6.07, 6.45) is 11.0. The van der Waals surface area contributed by atoms with E-state index in [2.05, 4.69) is 12.5 Å². The van der Waals surface area contributed by atoms with Crippen LogP contribution in [0, 0.1) is 18.3 Å². The summed E-state index contributed by atoms with van der Waals surface area (Å²) in [5, 5.41) is 0. The molecule has 0 radical (unpaired) electrons. The van der Waals surface area contributed by atoms with E-state index in [0.717, 1.165) is 25.7 Å². The van der Waals surface area contributed by atoms with E-state index in [4.69, 9.17) is 11.2 Å². The largest absolute Gasteiger partial charge is 0.446 e. The highest BCUT2D eigenvalue weighted by Crippen LogP contribution is 2.40. The first-order chi connectivity index (χ1) is 6.64. The highest BCUT2D eigenvalue weighted by molar-refractivity contribution is 5.67. The molecule has 0 aromatic heterocycles. The quantitative estimate of drug-likeness (QED) is 0.389. The van der Waals surface area contributed by atoms with Crippen LogP contribution < -0.4 is 0 Å². The smallest absolute Gasteiger partial charge is 0.304 e. The fraction of sp³-hybridized carbons (Fsp3) is 0.583. The van der Waals surface area contributed by atoms with E-state index >= 15 is 0 Å². The third-order valence-electron chi connectivity index (χ3n) is 2.78. The van der Waals surface area contributed by atoms with Crippen molar-refractivity contribution in [1.29, 1.82) is 0 Å². The molecule has 0 heterocycles. The summed E-state index contributed by atoms with van der Waals surface area (Å²) in [5.41, 5.74) is -0.667. The molecule has 0 amide bonds. The molecule has 76 valence electrons. The second-order valence-electron chi connectivity index (χ2n) is 3.74. The molecule has 0 spiro atoms. The lowest BCUT2D eigenvalue weighted by Crippen LogP contribution is -2.36. The lowest BCUT2D eigenvalue weighted by molar-refractivity contribution is -0.154. The van der Waals surface area contributed by atoms with Gasteiger partial charge in [-0.15, -0.1) is 13.0 Å². The van der Waals surface area contributed by atoms with E-state index in [0.29, 0.717) is 0 Å². The molecule has 1 saturated carbocycles. The minimum Gasteiger partial charge on any atom is -0.446 e. The fourth-order valence-electron chi connectivity index (χ4n) is 2.17. The van der Waals surface area contributed by atoms with Gasteiger partial charge in [-0.1, -0.05) is 12.0 Å². The summed E-state index contributed by atoms with van der Waals surface area (Å²) in [7, 11) is 0. The Bertz CT molecular complexity index is 275. The second kappa shape index (κ2) is 4.32. The van der Waals surface area contributed by atoms with Gasteiger partial charge in [0, 0.05) is 12.8 Å². The van der Waals surface area contributed by atoms with Gasteiger partial charge in [-0.3, -0.25) is 4.79 Å². The van der Waals surface area contributed by atoms with Gasteiger partial charge in [0.05, 0.1) is 0 Å². The molecule has 0 aromatic carbocycles. The number of esters is 1. The lowest BCUT2D eigenvalue weighted by atomic mass is 9.88. The monoisotopic (exact) mass is 192 g/mol. The zero-order chi connectivity index (χ0) is 10.6. The second-order valence-corrected chi connectivity index (χ2v) is 3.74. The predicted octanol–water partition coefficient (Wildman–Crippen LogP) is 2.30. The van der Waals surface area contributed by atoms with Crippen LogP contribution in [0.5, 0.6) is 0 Å². The van der Waals surface area contributed by atoms with Crippen molar-refractivity contribution in [3.05, 3.63) is 12.7 Å². The molecule has 1 aliphatic rings. The summed E-state index contributed by atoms with van der Waals surface area (Å²) in [4.78, 5) is 11.0.